The van der Waals surface area contributed by atoms with Gasteiger partial charge in [0.1, 0.15) is 17.6 Å². The number of amides is 2. The molecule has 0 bridgehead atoms. The molecule has 0 saturated carbocycles. The van der Waals surface area contributed by atoms with Crippen molar-refractivity contribution in [2.75, 3.05) is 6.61 Å². The predicted octanol–water partition coefficient (Wildman–Crippen LogP) is 3.45. The van der Waals surface area contributed by atoms with Gasteiger partial charge in [0.15, 0.2) is 6.61 Å². The first-order valence-electron chi connectivity index (χ1n) is 9.30. The Labute approximate surface area is 165 Å². The van der Waals surface area contributed by atoms with Crippen molar-refractivity contribution in [2.24, 2.45) is 0 Å². The van der Waals surface area contributed by atoms with Crippen molar-refractivity contribution < 1.29 is 18.7 Å². The van der Waals surface area contributed by atoms with Crippen LogP contribution in [0.15, 0.2) is 48.5 Å². The molecule has 2 aromatic rings. The number of halogens is 1. The van der Waals surface area contributed by atoms with Gasteiger partial charge in [0.2, 0.25) is 5.91 Å². The molecule has 150 valence electrons. The van der Waals surface area contributed by atoms with Crippen LogP contribution < -0.4 is 10.1 Å². The van der Waals surface area contributed by atoms with Gasteiger partial charge < -0.3 is 15.0 Å². The number of hydrogen-bond donors (Lipinski definition) is 1. The average molecular weight is 386 g/mol. The van der Waals surface area contributed by atoms with Gasteiger partial charge in [-0.15, -0.1) is 0 Å². The second-order valence-corrected chi connectivity index (χ2v) is 7.05. The third-order valence-electron chi connectivity index (χ3n) is 4.28. The van der Waals surface area contributed by atoms with E-state index < -0.39 is 17.8 Å². The van der Waals surface area contributed by atoms with E-state index in [-0.39, 0.29) is 25.1 Å². The van der Waals surface area contributed by atoms with Crippen molar-refractivity contribution in [3.63, 3.8) is 0 Å². The molecule has 28 heavy (non-hydrogen) atoms. The summed E-state index contributed by atoms with van der Waals surface area (Å²) in [5.41, 5.74) is 1.43. The Morgan fingerprint density at radius 1 is 1.07 bits per heavy atom. The number of ether oxygens (including phenoxy) is 1. The number of nitrogens with zero attached hydrogens (tertiary/aromatic N) is 1. The zero-order valence-corrected chi connectivity index (χ0v) is 16.7. The summed E-state index contributed by atoms with van der Waals surface area (Å²) in [5.74, 6) is -0.550. The maximum atomic E-state index is 14.1. The molecule has 0 fully saturated rings. The zero-order chi connectivity index (χ0) is 20.7. The van der Waals surface area contributed by atoms with Crippen molar-refractivity contribution in [1.29, 1.82) is 0 Å². The summed E-state index contributed by atoms with van der Waals surface area (Å²) in [6.45, 7) is 7.01. The first-order chi connectivity index (χ1) is 13.3. The van der Waals surface area contributed by atoms with Gasteiger partial charge in [-0.05, 0) is 45.9 Å². The minimum absolute atomic E-state index is 0.0184. The van der Waals surface area contributed by atoms with Gasteiger partial charge in [-0.1, -0.05) is 35.9 Å². The van der Waals surface area contributed by atoms with Crippen molar-refractivity contribution in [3.8, 4) is 5.75 Å². The molecule has 1 atom stereocenters. The van der Waals surface area contributed by atoms with E-state index in [0.29, 0.717) is 11.3 Å². The number of carbonyl (C=O) groups is 2. The van der Waals surface area contributed by atoms with Gasteiger partial charge in [-0.2, -0.15) is 0 Å². The largest absolute Gasteiger partial charge is 0.484 e. The number of carbonyl (C=O) groups excluding carboxylic acids is 2. The third kappa shape index (κ3) is 6.08. The molecule has 0 unspecified atom stereocenters. The Kier molecular flexibility index (Phi) is 7.55. The Morgan fingerprint density at radius 2 is 1.71 bits per heavy atom. The highest BCUT2D eigenvalue weighted by Gasteiger charge is 2.27. The second kappa shape index (κ2) is 9.88. The average Bonchev–Trinajstić information content (AvgIpc) is 2.65. The van der Waals surface area contributed by atoms with Crippen LogP contribution in [-0.4, -0.2) is 35.4 Å². The molecule has 0 aliphatic rings. The molecular weight excluding hydrogens is 359 g/mol. The number of aryl methyl sites for hydroxylation is 1. The fourth-order valence-electron chi connectivity index (χ4n) is 2.66. The SMILES string of the molecule is Cc1ccc(OCC(=O)N(Cc2ccccc2F)[C@H](C)C(=O)NC(C)C)cc1. The van der Waals surface area contributed by atoms with Crippen LogP contribution >= 0.6 is 0 Å². The van der Waals surface area contributed by atoms with E-state index >= 15 is 0 Å². The topological polar surface area (TPSA) is 58.6 Å². The third-order valence-corrected chi connectivity index (χ3v) is 4.28. The molecule has 0 heterocycles. The van der Waals surface area contributed by atoms with Crippen LogP contribution in [0.1, 0.15) is 31.9 Å². The quantitative estimate of drug-likeness (QED) is 0.756. The van der Waals surface area contributed by atoms with Gasteiger partial charge in [-0.25, -0.2) is 4.39 Å². The van der Waals surface area contributed by atoms with E-state index in [4.69, 9.17) is 4.74 Å². The smallest absolute Gasteiger partial charge is 0.261 e. The van der Waals surface area contributed by atoms with Crippen LogP contribution in [0.2, 0.25) is 0 Å². The monoisotopic (exact) mass is 386 g/mol. The first kappa shape index (κ1) is 21.4. The van der Waals surface area contributed by atoms with E-state index in [1.807, 2.05) is 32.9 Å². The lowest BCUT2D eigenvalue weighted by molar-refractivity contribution is -0.142. The molecule has 0 radical (unpaired) electrons. The maximum absolute atomic E-state index is 14.1. The number of benzene rings is 2. The summed E-state index contributed by atoms with van der Waals surface area (Å²) in [4.78, 5) is 26.6. The fourth-order valence-corrected chi connectivity index (χ4v) is 2.66. The summed E-state index contributed by atoms with van der Waals surface area (Å²) in [6.07, 6.45) is 0. The Bertz CT molecular complexity index is 806. The summed E-state index contributed by atoms with van der Waals surface area (Å²) >= 11 is 0. The van der Waals surface area contributed by atoms with Gasteiger partial charge in [0.25, 0.3) is 5.91 Å². The standard InChI is InChI=1S/C22H27FN2O3/c1-15(2)24-22(27)17(4)25(13-18-7-5-6-8-20(18)23)21(26)14-28-19-11-9-16(3)10-12-19/h5-12,15,17H,13-14H2,1-4H3,(H,24,27)/t17-/m1/s1. The highest BCUT2D eigenvalue weighted by atomic mass is 19.1. The van der Waals surface area contributed by atoms with E-state index in [1.165, 1.54) is 11.0 Å². The fraction of sp³-hybridized carbons (Fsp3) is 0.364. The second-order valence-electron chi connectivity index (χ2n) is 7.05. The molecule has 6 heteroatoms. The first-order valence-corrected chi connectivity index (χ1v) is 9.30. The van der Waals surface area contributed by atoms with E-state index in [1.54, 1.807) is 37.3 Å². The van der Waals surface area contributed by atoms with Crippen LogP contribution in [0.4, 0.5) is 4.39 Å². The van der Waals surface area contributed by atoms with Gasteiger partial charge >= 0.3 is 0 Å². The van der Waals surface area contributed by atoms with Crippen LogP contribution in [0.5, 0.6) is 5.75 Å². The molecule has 2 amide bonds. The minimum Gasteiger partial charge on any atom is -0.484 e. The number of nitrogens with one attached hydrogen (secondary N) is 1. The van der Waals surface area contributed by atoms with Gasteiger partial charge in [0, 0.05) is 18.2 Å². The van der Waals surface area contributed by atoms with Crippen molar-refractivity contribution >= 4 is 11.8 Å². The van der Waals surface area contributed by atoms with Crippen LogP contribution in [0, 0.1) is 12.7 Å². The summed E-state index contributed by atoms with van der Waals surface area (Å²) in [5, 5.41) is 2.79. The maximum Gasteiger partial charge on any atom is 0.261 e. The summed E-state index contributed by atoms with van der Waals surface area (Å²) < 4.78 is 19.7. The lowest BCUT2D eigenvalue weighted by atomic mass is 10.1. The number of rotatable bonds is 8. The van der Waals surface area contributed by atoms with E-state index in [9.17, 15) is 14.0 Å². The molecule has 0 aliphatic carbocycles. The van der Waals surface area contributed by atoms with Crippen LogP contribution in [0.3, 0.4) is 0 Å². The molecule has 2 rings (SSSR count). The molecular formula is C22H27FN2O3. The van der Waals surface area contributed by atoms with Crippen LogP contribution in [0.25, 0.3) is 0 Å². The van der Waals surface area contributed by atoms with Gasteiger partial charge in [0.05, 0.1) is 0 Å². The normalized spacial score (nSPS) is 11.8. The summed E-state index contributed by atoms with van der Waals surface area (Å²) in [7, 11) is 0. The Morgan fingerprint density at radius 3 is 2.32 bits per heavy atom. The molecule has 0 aromatic heterocycles. The molecule has 0 aliphatic heterocycles. The molecule has 2 aromatic carbocycles. The van der Waals surface area contributed by atoms with E-state index in [0.717, 1.165) is 5.56 Å². The predicted molar refractivity (Wildman–Crippen MR) is 106 cm³/mol. The molecule has 0 spiro atoms. The molecule has 0 saturated heterocycles. The Hall–Kier alpha value is -2.89. The van der Waals surface area contributed by atoms with Crippen LogP contribution in [-0.2, 0) is 16.1 Å². The lowest BCUT2D eigenvalue weighted by Gasteiger charge is -2.29. The van der Waals surface area contributed by atoms with Gasteiger partial charge in [-0.3, -0.25) is 9.59 Å². The summed E-state index contributed by atoms with van der Waals surface area (Å²) in [6, 6.07) is 12.7. The Balaban J connectivity index is 2.15. The van der Waals surface area contributed by atoms with Crippen molar-refractivity contribution in [3.05, 3.63) is 65.5 Å². The number of hydrogen-bond acceptors (Lipinski definition) is 3. The lowest BCUT2D eigenvalue weighted by Crippen LogP contribution is -2.50. The highest BCUT2D eigenvalue weighted by Crippen LogP contribution is 2.15. The highest BCUT2D eigenvalue weighted by molar-refractivity contribution is 5.88. The van der Waals surface area contributed by atoms with E-state index in [2.05, 4.69) is 5.32 Å². The van der Waals surface area contributed by atoms with Crippen molar-refractivity contribution in [2.45, 2.75) is 46.3 Å². The minimum atomic E-state index is -0.767. The molecule has 5 nitrogen and oxygen atoms in total. The zero-order valence-electron chi connectivity index (χ0n) is 16.7. The molecule has 1 N–H and O–H groups in total. The van der Waals surface area contributed by atoms with Crippen molar-refractivity contribution in [1.82, 2.24) is 10.2 Å².